The van der Waals surface area contributed by atoms with Gasteiger partial charge in [-0.1, -0.05) is 98.8 Å². The second kappa shape index (κ2) is 16.1. The van der Waals surface area contributed by atoms with E-state index < -0.39 is 0 Å². The molecule has 0 atom stereocenters. The third kappa shape index (κ3) is 10.1. The summed E-state index contributed by atoms with van der Waals surface area (Å²) in [5, 5.41) is 10.2. The highest BCUT2D eigenvalue weighted by Gasteiger charge is 2.03. The number of halogens is 2. The average molecular weight is 525 g/mol. The van der Waals surface area contributed by atoms with Crippen molar-refractivity contribution in [1.29, 1.82) is 5.26 Å². The number of benzene rings is 3. The lowest BCUT2D eigenvalue weighted by molar-refractivity contribution is 0.303. The lowest BCUT2D eigenvalue weighted by atomic mass is 10.0. The van der Waals surface area contributed by atoms with Crippen molar-refractivity contribution in [3.05, 3.63) is 82.3 Å². The lowest BCUT2D eigenvalue weighted by Gasteiger charge is -2.08. The number of hydrogen-bond acceptors (Lipinski definition) is 3. The molecule has 0 fully saturated rings. The zero-order chi connectivity index (χ0) is 25.4. The van der Waals surface area contributed by atoms with Crippen molar-refractivity contribution >= 4 is 23.2 Å². The lowest BCUT2D eigenvalue weighted by Crippen LogP contribution is -1.98. The molecule has 0 saturated carbocycles. The molecule has 3 aromatic rings. The van der Waals surface area contributed by atoms with Crippen molar-refractivity contribution in [2.45, 2.75) is 64.2 Å². The zero-order valence-electron chi connectivity index (χ0n) is 20.9. The average Bonchev–Trinajstić information content (AvgIpc) is 2.91. The van der Waals surface area contributed by atoms with Crippen LogP contribution in [0.25, 0.3) is 11.1 Å². The van der Waals surface area contributed by atoms with Gasteiger partial charge in [-0.2, -0.15) is 5.26 Å². The summed E-state index contributed by atoms with van der Waals surface area (Å²) in [5.74, 6) is 1.58. The van der Waals surface area contributed by atoms with Gasteiger partial charge in [0.15, 0.2) is 0 Å². The van der Waals surface area contributed by atoms with E-state index in [0.29, 0.717) is 28.0 Å². The van der Waals surface area contributed by atoms with Gasteiger partial charge in [-0.25, -0.2) is 0 Å². The van der Waals surface area contributed by atoms with E-state index in [4.69, 9.17) is 37.9 Å². The molecule has 3 aromatic carbocycles. The molecule has 0 saturated heterocycles. The van der Waals surface area contributed by atoms with E-state index in [9.17, 15) is 0 Å². The van der Waals surface area contributed by atoms with Crippen LogP contribution in [-0.2, 0) is 0 Å². The Balaban J connectivity index is 1.13. The fourth-order valence-corrected chi connectivity index (χ4v) is 4.39. The topological polar surface area (TPSA) is 42.2 Å². The largest absolute Gasteiger partial charge is 0.494 e. The van der Waals surface area contributed by atoms with Gasteiger partial charge in [-0.15, -0.1) is 0 Å². The van der Waals surface area contributed by atoms with Gasteiger partial charge in [0.25, 0.3) is 0 Å². The maximum Gasteiger partial charge on any atom is 0.139 e. The highest BCUT2D eigenvalue weighted by molar-refractivity contribution is 6.34. The number of unbranched alkanes of at least 4 members (excludes halogenated alkanes) is 9. The molecule has 0 unspecified atom stereocenters. The van der Waals surface area contributed by atoms with Gasteiger partial charge >= 0.3 is 0 Å². The van der Waals surface area contributed by atoms with E-state index in [1.165, 1.54) is 51.4 Å². The van der Waals surface area contributed by atoms with Crippen LogP contribution in [0.4, 0.5) is 0 Å². The molecular formula is C31H35Cl2NO2. The first kappa shape index (κ1) is 27.9. The molecule has 0 N–H and O–H groups in total. The summed E-state index contributed by atoms with van der Waals surface area (Å²) in [5.41, 5.74) is 2.91. The normalized spacial score (nSPS) is 10.7. The van der Waals surface area contributed by atoms with Crippen LogP contribution in [0, 0.1) is 11.3 Å². The Bertz CT molecular complexity index is 1080. The standard InChI is InChI=1S/C31H35Cl2NO2/c32-28-17-20-30(33)31(23-28)36-22-10-8-6-4-2-1-3-5-7-9-21-35-29-18-15-27(16-19-29)26-13-11-25(24-34)12-14-26/h11-20,23H,1-10,21-22H2. The van der Waals surface area contributed by atoms with Crippen molar-refractivity contribution in [2.24, 2.45) is 0 Å². The predicted octanol–water partition coefficient (Wildman–Crippen LogP) is 9.89. The third-order valence-electron chi connectivity index (χ3n) is 6.16. The Labute approximate surface area is 226 Å². The van der Waals surface area contributed by atoms with Crippen molar-refractivity contribution in [3.8, 4) is 28.7 Å². The molecule has 36 heavy (non-hydrogen) atoms. The van der Waals surface area contributed by atoms with Crippen LogP contribution in [-0.4, -0.2) is 13.2 Å². The Morgan fingerprint density at radius 2 is 1.08 bits per heavy atom. The van der Waals surface area contributed by atoms with Gasteiger partial charge in [0.1, 0.15) is 11.5 Å². The van der Waals surface area contributed by atoms with Crippen LogP contribution < -0.4 is 9.47 Å². The second-order valence-corrected chi connectivity index (χ2v) is 9.86. The number of nitriles is 1. The molecule has 3 rings (SSSR count). The molecule has 0 radical (unpaired) electrons. The van der Waals surface area contributed by atoms with E-state index in [-0.39, 0.29) is 0 Å². The molecule has 0 amide bonds. The van der Waals surface area contributed by atoms with Gasteiger partial charge in [-0.05, 0) is 60.4 Å². The molecule has 0 spiro atoms. The van der Waals surface area contributed by atoms with E-state index in [1.54, 1.807) is 18.2 Å². The van der Waals surface area contributed by atoms with E-state index in [0.717, 1.165) is 36.3 Å². The number of rotatable bonds is 16. The van der Waals surface area contributed by atoms with Crippen LogP contribution in [0.15, 0.2) is 66.7 Å². The zero-order valence-corrected chi connectivity index (χ0v) is 22.4. The highest BCUT2D eigenvalue weighted by atomic mass is 35.5. The molecule has 0 heterocycles. The maximum atomic E-state index is 8.92. The Hall–Kier alpha value is -2.67. The van der Waals surface area contributed by atoms with Crippen molar-refractivity contribution in [1.82, 2.24) is 0 Å². The van der Waals surface area contributed by atoms with E-state index in [2.05, 4.69) is 18.2 Å². The first-order chi connectivity index (χ1) is 17.7. The summed E-state index contributed by atoms with van der Waals surface area (Å²) in [7, 11) is 0. The number of nitrogens with zero attached hydrogens (tertiary/aromatic N) is 1. The molecular weight excluding hydrogens is 489 g/mol. The van der Waals surface area contributed by atoms with Gasteiger partial charge in [0.2, 0.25) is 0 Å². The minimum absolute atomic E-state index is 0.612. The van der Waals surface area contributed by atoms with Crippen molar-refractivity contribution in [3.63, 3.8) is 0 Å². The third-order valence-corrected chi connectivity index (χ3v) is 6.71. The summed E-state index contributed by atoms with van der Waals surface area (Å²) in [6.07, 6.45) is 12.3. The first-order valence-corrected chi connectivity index (χ1v) is 13.7. The fourth-order valence-electron chi connectivity index (χ4n) is 4.06. The molecule has 190 valence electrons. The maximum absolute atomic E-state index is 8.92. The predicted molar refractivity (Wildman–Crippen MR) is 150 cm³/mol. The van der Waals surface area contributed by atoms with E-state index in [1.807, 2.05) is 36.4 Å². The first-order valence-electron chi connectivity index (χ1n) is 13.0. The summed E-state index contributed by atoms with van der Waals surface area (Å²) in [4.78, 5) is 0. The minimum Gasteiger partial charge on any atom is -0.494 e. The molecule has 0 aromatic heterocycles. The van der Waals surface area contributed by atoms with Crippen LogP contribution in [0.1, 0.15) is 69.8 Å². The van der Waals surface area contributed by atoms with Crippen LogP contribution in [0.2, 0.25) is 10.0 Å². The van der Waals surface area contributed by atoms with Crippen molar-refractivity contribution < 1.29 is 9.47 Å². The quantitative estimate of drug-likeness (QED) is 0.175. The monoisotopic (exact) mass is 523 g/mol. The number of ether oxygens (including phenoxy) is 2. The van der Waals surface area contributed by atoms with Gasteiger partial charge in [0, 0.05) is 11.1 Å². The second-order valence-electron chi connectivity index (χ2n) is 9.02. The molecule has 0 bridgehead atoms. The van der Waals surface area contributed by atoms with Crippen LogP contribution >= 0.6 is 23.2 Å². The Morgan fingerprint density at radius 1 is 0.583 bits per heavy atom. The number of hydrogen-bond donors (Lipinski definition) is 0. The summed E-state index contributed by atoms with van der Waals surface area (Å²) in [6, 6.07) is 23.3. The SMILES string of the molecule is N#Cc1ccc(-c2ccc(OCCCCCCCCCCCCOc3cc(Cl)ccc3Cl)cc2)cc1. The Kier molecular flexibility index (Phi) is 12.5. The summed E-state index contributed by atoms with van der Waals surface area (Å²) < 4.78 is 11.6. The molecule has 0 aliphatic carbocycles. The molecule has 3 nitrogen and oxygen atoms in total. The Morgan fingerprint density at radius 3 is 1.64 bits per heavy atom. The van der Waals surface area contributed by atoms with E-state index >= 15 is 0 Å². The molecule has 0 aliphatic rings. The van der Waals surface area contributed by atoms with Crippen LogP contribution in [0.3, 0.4) is 0 Å². The minimum atomic E-state index is 0.612. The summed E-state index contributed by atoms with van der Waals surface area (Å²) >= 11 is 12.1. The molecule has 5 heteroatoms. The molecule has 0 aliphatic heterocycles. The smallest absolute Gasteiger partial charge is 0.139 e. The van der Waals surface area contributed by atoms with Gasteiger partial charge < -0.3 is 9.47 Å². The summed E-state index contributed by atoms with van der Waals surface area (Å²) in [6.45, 7) is 1.45. The van der Waals surface area contributed by atoms with Crippen molar-refractivity contribution in [2.75, 3.05) is 13.2 Å². The fraction of sp³-hybridized carbons (Fsp3) is 0.387. The van der Waals surface area contributed by atoms with Crippen LogP contribution in [0.5, 0.6) is 11.5 Å². The van der Waals surface area contributed by atoms with Gasteiger partial charge in [-0.3, -0.25) is 0 Å². The highest BCUT2D eigenvalue weighted by Crippen LogP contribution is 2.28. The van der Waals surface area contributed by atoms with Gasteiger partial charge in [0.05, 0.1) is 29.9 Å².